The third-order valence-corrected chi connectivity index (χ3v) is 1.62. The number of para-hydroxylation sites is 1. The topological polar surface area (TPSA) is 78.7 Å². The van der Waals surface area contributed by atoms with Crippen LogP contribution in [0.1, 0.15) is 6.92 Å². The molecule has 0 bridgehead atoms. The predicted octanol–water partition coefficient (Wildman–Crippen LogP) is 1.53. The highest BCUT2D eigenvalue weighted by Gasteiger charge is 2.22. The number of hydrogen-bond donors (Lipinski definition) is 0. The van der Waals surface area contributed by atoms with Gasteiger partial charge in [-0.05, 0) is 12.1 Å². The summed E-state index contributed by atoms with van der Waals surface area (Å²) >= 11 is 0. The van der Waals surface area contributed by atoms with Crippen molar-refractivity contribution in [3.63, 3.8) is 0 Å². The van der Waals surface area contributed by atoms with Crippen molar-refractivity contribution in [3.8, 4) is 11.5 Å². The fraction of sp³-hybridized carbons (Fsp3) is 0.222. The molecule has 0 fully saturated rings. The number of benzene rings is 1. The summed E-state index contributed by atoms with van der Waals surface area (Å²) in [4.78, 5) is 20.8. The zero-order valence-electron chi connectivity index (χ0n) is 8.22. The van der Waals surface area contributed by atoms with Crippen LogP contribution in [-0.2, 0) is 4.79 Å². The molecule has 80 valence electrons. The maximum atomic E-state index is 10.7. The Bertz CT molecular complexity index is 401. The monoisotopic (exact) mass is 211 g/mol. The molecule has 0 saturated heterocycles. The average Bonchev–Trinajstić information content (AvgIpc) is 2.15. The molecule has 0 saturated carbocycles. The summed E-state index contributed by atoms with van der Waals surface area (Å²) in [5.74, 6) is -0.683. The van der Waals surface area contributed by atoms with Crippen molar-refractivity contribution < 1.29 is 19.2 Å². The van der Waals surface area contributed by atoms with Crippen molar-refractivity contribution in [2.45, 2.75) is 6.92 Å². The second kappa shape index (κ2) is 4.41. The van der Waals surface area contributed by atoms with Crippen molar-refractivity contribution in [2.24, 2.45) is 0 Å². The fourth-order valence-electron chi connectivity index (χ4n) is 1.08. The molecule has 0 aliphatic carbocycles. The molecular formula is C9H9NO5. The first kappa shape index (κ1) is 11.0. The molecule has 1 aromatic carbocycles. The summed E-state index contributed by atoms with van der Waals surface area (Å²) < 4.78 is 9.48. The second-order valence-corrected chi connectivity index (χ2v) is 2.66. The van der Waals surface area contributed by atoms with Crippen LogP contribution in [0.25, 0.3) is 0 Å². The van der Waals surface area contributed by atoms with Crippen molar-refractivity contribution in [3.05, 3.63) is 28.3 Å². The summed E-state index contributed by atoms with van der Waals surface area (Å²) in [6, 6.07) is 4.26. The van der Waals surface area contributed by atoms with Gasteiger partial charge in [0.15, 0.2) is 0 Å². The van der Waals surface area contributed by atoms with Gasteiger partial charge in [0.1, 0.15) is 0 Å². The molecule has 0 atom stereocenters. The third-order valence-electron chi connectivity index (χ3n) is 1.62. The van der Waals surface area contributed by atoms with Gasteiger partial charge in [-0.3, -0.25) is 14.9 Å². The Hall–Kier alpha value is -2.11. The van der Waals surface area contributed by atoms with E-state index in [-0.39, 0.29) is 17.2 Å². The molecular weight excluding hydrogens is 202 g/mol. The normalized spacial score (nSPS) is 9.47. The number of hydrogen-bond acceptors (Lipinski definition) is 5. The van der Waals surface area contributed by atoms with Gasteiger partial charge < -0.3 is 9.47 Å². The molecule has 1 rings (SSSR count). The van der Waals surface area contributed by atoms with E-state index in [2.05, 4.69) is 4.74 Å². The van der Waals surface area contributed by atoms with Crippen LogP contribution in [0.2, 0.25) is 0 Å². The number of nitrogens with zero attached hydrogens (tertiary/aromatic N) is 1. The molecule has 0 N–H and O–H groups in total. The smallest absolute Gasteiger partial charge is 0.353 e. The highest BCUT2D eigenvalue weighted by atomic mass is 16.6. The van der Waals surface area contributed by atoms with Gasteiger partial charge in [0.05, 0.1) is 12.0 Å². The number of carbonyl (C=O) groups excluding carboxylic acids is 1. The van der Waals surface area contributed by atoms with E-state index in [0.29, 0.717) is 0 Å². The molecule has 0 heterocycles. The highest BCUT2D eigenvalue weighted by Crippen LogP contribution is 2.36. The fourth-order valence-corrected chi connectivity index (χ4v) is 1.08. The SMILES string of the molecule is COc1cccc(OC(C)=O)c1[N+](=O)[O-]. The van der Waals surface area contributed by atoms with Crippen molar-refractivity contribution >= 4 is 11.7 Å². The van der Waals surface area contributed by atoms with Crippen molar-refractivity contribution in [1.29, 1.82) is 0 Å². The molecule has 0 aliphatic heterocycles. The number of nitro groups is 1. The van der Waals surface area contributed by atoms with Gasteiger partial charge in [0.25, 0.3) is 0 Å². The van der Waals surface area contributed by atoms with Crippen molar-refractivity contribution in [1.82, 2.24) is 0 Å². The Labute approximate surface area is 85.6 Å². The van der Waals surface area contributed by atoms with Gasteiger partial charge in [0.2, 0.25) is 11.5 Å². The summed E-state index contributed by atoms with van der Waals surface area (Å²) in [6.45, 7) is 1.17. The Morgan fingerprint density at radius 3 is 2.47 bits per heavy atom. The lowest BCUT2D eigenvalue weighted by Crippen LogP contribution is -2.04. The number of rotatable bonds is 3. The maximum absolute atomic E-state index is 10.7. The Balaban J connectivity index is 3.25. The predicted molar refractivity (Wildman–Crippen MR) is 51.0 cm³/mol. The highest BCUT2D eigenvalue weighted by molar-refractivity contribution is 5.72. The van der Waals surface area contributed by atoms with Crippen LogP contribution in [0, 0.1) is 10.1 Å². The summed E-state index contributed by atoms with van der Waals surface area (Å²) in [5, 5.41) is 10.7. The number of nitro benzene ring substituents is 1. The lowest BCUT2D eigenvalue weighted by Gasteiger charge is -2.05. The van der Waals surface area contributed by atoms with Gasteiger partial charge in [0, 0.05) is 6.92 Å². The van der Waals surface area contributed by atoms with Crippen LogP contribution < -0.4 is 9.47 Å². The van der Waals surface area contributed by atoms with Gasteiger partial charge >= 0.3 is 11.7 Å². The first-order chi connectivity index (χ1) is 7.06. The molecule has 0 radical (unpaired) electrons. The van der Waals surface area contributed by atoms with E-state index >= 15 is 0 Å². The molecule has 0 aromatic heterocycles. The quantitative estimate of drug-likeness (QED) is 0.328. The standard InChI is InChI=1S/C9H9NO5/c1-6(11)15-8-5-3-4-7(14-2)9(8)10(12)13/h3-5H,1-2H3. The largest absolute Gasteiger partial charge is 0.490 e. The zero-order valence-corrected chi connectivity index (χ0v) is 8.22. The number of esters is 1. The second-order valence-electron chi connectivity index (χ2n) is 2.66. The minimum Gasteiger partial charge on any atom is -0.490 e. The average molecular weight is 211 g/mol. The van der Waals surface area contributed by atoms with E-state index in [4.69, 9.17) is 4.74 Å². The van der Waals surface area contributed by atoms with Crippen LogP contribution >= 0.6 is 0 Å². The summed E-state index contributed by atoms with van der Waals surface area (Å²) in [7, 11) is 1.31. The van der Waals surface area contributed by atoms with Crippen LogP contribution in [-0.4, -0.2) is 18.0 Å². The molecule has 15 heavy (non-hydrogen) atoms. The molecule has 0 spiro atoms. The van der Waals surface area contributed by atoms with Gasteiger partial charge in [-0.1, -0.05) is 6.07 Å². The van der Waals surface area contributed by atoms with E-state index in [1.54, 1.807) is 0 Å². The van der Waals surface area contributed by atoms with Crippen LogP contribution in [0.15, 0.2) is 18.2 Å². The van der Waals surface area contributed by atoms with Gasteiger partial charge in [-0.25, -0.2) is 0 Å². The van der Waals surface area contributed by atoms with E-state index in [1.807, 2.05) is 0 Å². The summed E-state index contributed by atoms with van der Waals surface area (Å²) in [6.07, 6.45) is 0. The van der Waals surface area contributed by atoms with E-state index < -0.39 is 10.9 Å². The maximum Gasteiger partial charge on any atom is 0.353 e. The van der Waals surface area contributed by atoms with Crippen LogP contribution in [0.3, 0.4) is 0 Å². The van der Waals surface area contributed by atoms with E-state index in [0.717, 1.165) is 0 Å². The lowest BCUT2D eigenvalue weighted by molar-refractivity contribution is -0.386. The van der Waals surface area contributed by atoms with E-state index in [9.17, 15) is 14.9 Å². The van der Waals surface area contributed by atoms with E-state index in [1.165, 1.54) is 32.2 Å². The molecule has 0 unspecified atom stereocenters. The van der Waals surface area contributed by atoms with Gasteiger partial charge in [-0.2, -0.15) is 0 Å². The van der Waals surface area contributed by atoms with Crippen molar-refractivity contribution in [2.75, 3.05) is 7.11 Å². The molecule has 0 amide bonds. The molecule has 6 heteroatoms. The number of methoxy groups -OCH3 is 1. The molecule has 6 nitrogen and oxygen atoms in total. The Morgan fingerprint density at radius 1 is 1.40 bits per heavy atom. The lowest BCUT2D eigenvalue weighted by atomic mass is 10.2. The zero-order chi connectivity index (χ0) is 11.4. The van der Waals surface area contributed by atoms with Crippen LogP contribution in [0.4, 0.5) is 5.69 Å². The first-order valence-corrected chi connectivity index (χ1v) is 4.06. The molecule has 1 aromatic rings. The minimum atomic E-state index is -0.656. The third kappa shape index (κ3) is 2.43. The van der Waals surface area contributed by atoms with Crippen LogP contribution in [0.5, 0.6) is 11.5 Å². The number of ether oxygens (including phenoxy) is 2. The minimum absolute atomic E-state index is 0.0544. The summed E-state index contributed by atoms with van der Waals surface area (Å²) in [5.41, 5.74) is -0.352. The van der Waals surface area contributed by atoms with Gasteiger partial charge in [-0.15, -0.1) is 0 Å². The molecule has 0 aliphatic rings. The first-order valence-electron chi connectivity index (χ1n) is 4.06. The Morgan fingerprint density at radius 2 is 2.00 bits per heavy atom. The number of carbonyl (C=O) groups is 1. The Kier molecular flexibility index (Phi) is 3.22.